The highest BCUT2D eigenvalue weighted by atomic mass is 35.5. The number of benzene rings is 1. The number of anilines is 1. The summed E-state index contributed by atoms with van der Waals surface area (Å²) in [7, 11) is 0. The summed E-state index contributed by atoms with van der Waals surface area (Å²) in [5.41, 5.74) is 2.68. The zero-order valence-electron chi connectivity index (χ0n) is 17.5. The third-order valence-electron chi connectivity index (χ3n) is 4.87. The molecule has 0 bridgehead atoms. The average Bonchev–Trinajstić information content (AvgIpc) is 3.32. The van der Waals surface area contributed by atoms with E-state index >= 15 is 0 Å². The highest BCUT2D eigenvalue weighted by molar-refractivity contribution is 7.18. The molecule has 1 N–H and O–H groups in total. The van der Waals surface area contributed by atoms with Crippen molar-refractivity contribution >= 4 is 46.4 Å². The van der Waals surface area contributed by atoms with Crippen molar-refractivity contribution in [3.8, 4) is 11.8 Å². The van der Waals surface area contributed by atoms with Gasteiger partial charge in [0.2, 0.25) is 0 Å². The Hall–Kier alpha value is -3.41. The first kappa shape index (κ1) is 23.3. The molecule has 0 spiro atoms. The monoisotopic (exact) mass is 469 g/mol. The van der Waals surface area contributed by atoms with Gasteiger partial charge >= 0.3 is 5.97 Å². The number of thiophene rings is 1. The Kier molecular flexibility index (Phi) is 7.46. The molecule has 9 heteroatoms. The summed E-state index contributed by atoms with van der Waals surface area (Å²) in [6, 6.07) is 14.7. The van der Waals surface area contributed by atoms with Crippen molar-refractivity contribution < 1.29 is 19.1 Å². The lowest BCUT2D eigenvalue weighted by atomic mass is 10.2. The summed E-state index contributed by atoms with van der Waals surface area (Å²) in [4.78, 5) is 37.0. The number of Topliss-reactive ketones (excluding diaryl/α,β-unsaturated/α-hetero) is 1. The van der Waals surface area contributed by atoms with Crippen LogP contribution in [-0.2, 0) is 14.3 Å². The molecule has 0 atom stereocenters. The molecule has 164 valence electrons. The molecule has 2 aromatic heterocycles. The molecule has 0 aliphatic rings. The largest absolute Gasteiger partial charge is 0.456 e. The number of amides is 1. The molecule has 0 saturated carbocycles. The van der Waals surface area contributed by atoms with E-state index in [9.17, 15) is 19.6 Å². The van der Waals surface area contributed by atoms with Crippen molar-refractivity contribution in [2.75, 3.05) is 11.9 Å². The topological polar surface area (TPSA) is 101 Å². The fourth-order valence-electron chi connectivity index (χ4n) is 3.15. The van der Waals surface area contributed by atoms with Crippen LogP contribution in [0.15, 0.2) is 42.5 Å². The van der Waals surface area contributed by atoms with E-state index in [0.29, 0.717) is 20.6 Å². The minimum atomic E-state index is -0.664. The fourth-order valence-corrected chi connectivity index (χ4v) is 4.16. The number of hydrogen-bond acceptors (Lipinski definition) is 6. The number of hydrogen-bond donors (Lipinski definition) is 1. The molecule has 0 aliphatic carbocycles. The van der Waals surface area contributed by atoms with Gasteiger partial charge in [-0.2, -0.15) is 5.26 Å². The van der Waals surface area contributed by atoms with Crippen LogP contribution in [0.3, 0.4) is 0 Å². The predicted octanol–water partition coefficient (Wildman–Crippen LogP) is 4.83. The zero-order valence-corrected chi connectivity index (χ0v) is 19.0. The molecule has 1 amide bonds. The molecule has 7 nitrogen and oxygen atoms in total. The van der Waals surface area contributed by atoms with Crippen LogP contribution in [0.2, 0.25) is 4.34 Å². The Morgan fingerprint density at radius 2 is 1.84 bits per heavy atom. The smallest absolute Gasteiger partial charge is 0.306 e. The molecule has 0 saturated heterocycles. The van der Waals surface area contributed by atoms with Crippen LogP contribution in [-0.4, -0.2) is 28.8 Å². The van der Waals surface area contributed by atoms with Crippen molar-refractivity contribution in [1.82, 2.24) is 4.57 Å². The summed E-state index contributed by atoms with van der Waals surface area (Å²) < 4.78 is 7.28. The van der Waals surface area contributed by atoms with Gasteiger partial charge in [0.15, 0.2) is 12.4 Å². The number of ketones is 1. The van der Waals surface area contributed by atoms with Gasteiger partial charge in [-0.3, -0.25) is 19.0 Å². The van der Waals surface area contributed by atoms with E-state index in [1.807, 2.05) is 37.3 Å². The highest BCUT2D eigenvalue weighted by Crippen LogP contribution is 2.30. The molecular weight excluding hydrogens is 450 g/mol. The molecule has 0 radical (unpaired) electrons. The van der Waals surface area contributed by atoms with Crippen molar-refractivity contribution in [2.24, 2.45) is 0 Å². The summed E-state index contributed by atoms with van der Waals surface area (Å²) in [6.45, 7) is 3.14. The fraction of sp³-hybridized carbons (Fsp3) is 0.217. The highest BCUT2D eigenvalue weighted by Gasteiger charge is 2.21. The molecule has 32 heavy (non-hydrogen) atoms. The van der Waals surface area contributed by atoms with Crippen LogP contribution >= 0.6 is 22.9 Å². The zero-order chi connectivity index (χ0) is 23.3. The minimum Gasteiger partial charge on any atom is -0.456 e. The number of halogens is 1. The van der Waals surface area contributed by atoms with Crippen molar-refractivity contribution in [1.29, 1.82) is 5.26 Å². The maximum absolute atomic E-state index is 12.5. The van der Waals surface area contributed by atoms with E-state index in [-0.39, 0.29) is 18.6 Å². The first-order valence-corrected chi connectivity index (χ1v) is 10.9. The normalized spacial score (nSPS) is 10.4. The number of para-hydroxylation sites is 1. The van der Waals surface area contributed by atoms with E-state index in [1.54, 1.807) is 23.6 Å². The van der Waals surface area contributed by atoms with Crippen LogP contribution in [0.25, 0.3) is 5.69 Å². The van der Waals surface area contributed by atoms with Gasteiger partial charge in [-0.25, -0.2) is 0 Å². The van der Waals surface area contributed by atoms with Gasteiger partial charge in [-0.05, 0) is 43.7 Å². The number of ether oxygens (including phenoxy) is 1. The van der Waals surface area contributed by atoms with E-state index in [4.69, 9.17) is 16.3 Å². The van der Waals surface area contributed by atoms with Crippen LogP contribution in [0.4, 0.5) is 5.82 Å². The Morgan fingerprint density at radius 1 is 1.12 bits per heavy atom. The van der Waals surface area contributed by atoms with Gasteiger partial charge in [0.1, 0.15) is 11.9 Å². The van der Waals surface area contributed by atoms with Gasteiger partial charge in [-0.1, -0.05) is 29.8 Å². The summed E-state index contributed by atoms with van der Waals surface area (Å²) in [5.74, 6) is -1.14. The van der Waals surface area contributed by atoms with Crippen LogP contribution in [0, 0.1) is 25.2 Å². The van der Waals surface area contributed by atoms with Gasteiger partial charge in [-0.15, -0.1) is 11.3 Å². The van der Waals surface area contributed by atoms with Gasteiger partial charge in [0.05, 0.1) is 21.2 Å². The lowest BCUT2D eigenvalue weighted by Gasteiger charge is -2.13. The minimum absolute atomic E-state index is 0.0366. The lowest BCUT2D eigenvalue weighted by Crippen LogP contribution is -2.23. The van der Waals surface area contributed by atoms with Crippen LogP contribution < -0.4 is 5.32 Å². The number of nitrogens with one attached hydrogen (secondary N) is 1. The number of rotatable bonds is 8. The maximum atomic E-state index is 12.5. The SMILES string of the molecule is Cc1c(C#N)c(NC(=O)COC(=O)CCC(=O)c2ccc(Cl)s2)n(-c2ccccc2)c1C. The molecular formula is C23H20ClN3O4S. The number of nitriles is 1. The quantitative estimate of drug-likeness (QED) is 0.376. The van der Waals surface area contributed by atoms with Gasteiger partial charge in [0.25, 0.3) is 5.91 Å². The van der Waals surface area contributed by atoms with E-state index in [2.05, 4.69) is 11.4 Å². The second kappa shape index (κ2) is 10.3. The molecule has 2 heterocycles. The second-order valence-electron chi connectivity index (χ2n) is 6.95. The molecule has 3 aromatic rings. The summed E-state index contributed by atoms with van der Waals surface area (Å²) in [6.07, 6.45) is -0.186. The molecule has 0 aliphatic heterocycles. The first-order chi connectivity index (χ1) is 15.3. The number of esters is 1. The predicted molar refractivity (Wildman–Crippen MR) is 122 cm³/mol. The lowest BCUT2D eigenvalue weighted by molar-refractivity contribution is -0.147. The standard InChI is InChI=1S/C23H20ClN3O4S/c1-14-15(2)27(16-6-4-3-5-7-16)23(17(14)12-25)26-21(29)13-31-22(30)11-8-18(28)19-9-10-20(24)32-19/h3-7,9-10H,8,11,13H2,1-2H3,(H,26,29). The molecule has 3 rings (SSSR count). The van der Waals surface area contributed by atoms with Crippen LogP contribution in [0.1, 0.15) is 39.3 Å². The number of nitrogens with zero attached hydrogens (tertiary/aromatic N) is 2. The van der Waals surface area contributed by atoms with Gasteiger partial charge in [0, 0.05) is 17.8 Å². The maximum Gasteiger partial charge on any atom is 0.306 e. The Bertz CT molecular complexity index is 1210. The van der Waals surface area contributed by atoms with Crippen molar-refractivity contribution in [2.45, 2.75) is 26.7 Å². The Labute approximate surface area is 194 Å². The van der Waals surface area contributed by atoms with Crippen molar-refractivity contribution in [3.05, 3.63) is 68.5 Å². The number of aromatic nitrogens is 1. The second-order valence-corrected chi connectivity index (χ2v) is 8.67. The third-order valence-corrected chi connectivity index (χ3v) is 6.14. The van der Waals surface area contributed by atoms with Gasteiger partial charge < -0.3 is 10.1 Å². The number of carbonyl (C=O) groups excluding carboxylic acids is 3. The molecule has 0 fully saturated rings. The Morgan fingerprint density at radius 3 is 2.47 bits per heavy atom. The average molecular weight is 470 g/mol. The van der Waals surface area contributed by atoms with Crippen LogP contribution in [0.5, 0.6) is 0 Å². The molecule has 1 aromatic carbocycles. The van der Waals surface area contributed by atoms with E-state index in [0.717, 1.165) is 28.3 Å². The first-order valence-electron chi connectivity index (χ1n) is 9.73. The summed E-state index contributed by atoms with van der Waals surface area (Å²) >= 11 is 6.95. The number of carbonyl (C=O) groups is 3. The van der Waals surface area contributed by atoms with Crippen molar-refractivity contribution in [3.63, 3.8) is 0 Å². The van der Waals surface area contributed by atoms with E-state index in [1.165, 1.54) is 0 Å². The Balaban J connectivity index is 1.62. The van der Waals surface area contributed by atoms with E-state index < -0.39 is 18.5 Å². The summed E-state index contributed by atoms with van der Waals surface area (Å²) in [5, 5.41) is 12.3. The third kappa shape index (κ3) is 5.25. The molecule has 0 unspecified atom stereocenters.